The number of hydrogen-bond donors (Lipinski definition) is 0. The van der Waals surface area contributed by atoms with Gasteiger partial charge in [-0.25, -0.2) is 13.2 Å². The van der Waals surface area contributed by atoms with Gasteiger partial charge in [-0.1, -0.05) is 0 Å². The first-order valence-corrected chi connectivity index (χ1v) is 8.60. The number of sulfone groups is 1. The molecule has 0 bridgehead atoms. The van der Waals surface area contributed by atoms with Crippen molar-refractivity contribution >= 4 is 21.7 Å². The fourth-order valence-corrected chi connectivity index (χ4v) is 2.58. The number of esters is 1. The Morgan fingerprint density at radius 2 is 1.77 bits per heavy atom. The summed E-state index contributed by atoms with van der Waals surface area (Å²) in [4.78, 5) is 25.4. The number of ether oxygens (including phenoxy) is 2. The molecule has 1 aromatic carbocycles. The number of carbonyl (C=O) groups excluding carboxylic acids is 2. The minimum absolute atomic E-state index is 0.119. The van der Waals surface area contributed by atoms with Crippen LogP contribution >= 0.6 is 0 Å². The number of benzene rings is 1. The summed E-state index contributed by atoms with van der Waals surface area (Å²) in [6.07, 6.45) is 1.08. The Morgan fingerprint density at radius 3 is 2.32 bits per heavy atom. The van der Waals surface area contributed by atoms with Gasteiger partial charge in [0.2, 0.25) is 0 Å². The monoisotopic (exact) mass is 327 g/mol. The Labute approximate surface area is 128 Å². The second-order valence-corrected chi connectivity index (χ2v) is 6.88. The highest BCUT2D eigenvalue weighted by Crippen LogP contribution is 2.11. The molecule has 1 amide bonds. The summed E-state index contributed by atoms with van der Waals surface area (Å²) in [5.74, 6) is -0.939. The van der Waals surface area contributed by atoms with Crippen LogP contribution in [0.25, 0.3) is 0 Å². The molecule has 1 aliphatic rings. The van der Waals surface area contributed by atoms with Crippen LogP contribution in [0.15, 0.2) is 29.2 Å². The van der Waals surface area contributed by atoms with Gasteiger partial charge in [0.15, 0.2) is 16.4 Å². The number of nitrogens with zero attached hydrogens (tertiary/aromatic N) is 1. The quantitative estimate of drug-likeness (QED) is 0.729. The maximum absolute atomic E-state index is 11.8. The second-order valence-electron chi connectivity index (χ2n) is 4.87. The van der Waals surface area contributed by atoms with Crippen LogP contribution < -0.4 is 0 Å². The highest BCUT2D eigenvalue weighted by atomic mass is 32.2. The van der Waals surface area contributed by atoms with E-state index in [0.717, 1.165) is 6.26 Å². The van der Waals surface area contributed by atoms with Crippen LogP contribution in [-0.2, 0) is 24.1 Å². The predicted octanol–water partition coefficient (Wildman–Crippen LogP) is 0.106. The minimum Gasteiger partial charge on any atom is -0.452 e. The average molecular weight is 327 g/mol. The second kappa shape index (κ2) is 6.89. The van der Waals surface area contributed by atoms with Crippen molar-refractivity contribution in [3.63, 3.8) is 0 Å². The Bertz CT molecular complexity index is 646. The third-order valence-electron chi connectivity index (χ3n) is 3.21. The van der Waals surface area contributed by atoms with E-state index in [1.165, 1.54) is 24.3 Å². The van der Waals surface area contributed by atoms with E-state index in [1.807, 2.05) is 0 Å². The largest absolute Gasteiger partial charge is 0.452 e. The van der Waals surface area contributed by atoms with E-state index >= 15 is 0 Å². The first-order valence-electron chi connectivity index (χ1n) is 6.71. The van der Waals surface area contributed by atoms with Crippen molar-refractivity contribution in [3.8, 4) is 0 Å². The zero-order valence-electron chi connectivity index (χ0n) is 12.1. The lowest BCUT2D eigenvalue weighted by Crippen LogP contribution is -2.42. The van der Waals surface area contributed by atoms with Gasteiger partial charge in [-0.3, -0.25) is 4.79 Å². The highest BCUT2D eigenvalue weighted by molar-refractivity contribution is 7.90. The Morgan fingerprint density at radius 1 is 1.18 bits per heavy atom. The highest BCUT2D eigenvalue weighted by Gasteiger charge is 2.19. The molecule has 120 valence electrons. The average Bonchev–Trinajstić information content (AvgIpc) is 2.52. The van der Waals surface area contributed by atoms with E-state index in [1.54, 1.807) is 4.90 Å². The maximum Gasteiger partial charge on any atom is 0.338 e. The Hall–Kier alpha value is -1.93. The third-order valence-corrected chi connectivity index (χ3v) is 4.34. The van der Waals surface area contributed by atoms with E-state index in [-0.39, 0.29) is 23.0 Å². The number of hydrogen-bond acceptors (Lipinski definition) is 6. The molecule has 0 spiro atoms. The van der Waals surface area contributed by atoms with Crippen molar-refractivity contribution in [1.82, 2.24) is 4.90 Å². The van der Waals surface area contributed by atoms with Gasteiger partial charge in [0.25, 0.3) is 5.91 Å². The van der Waals surface area contributed by atoms with Crippen LogP contribution in [0.3, 0.4) is 0 Å². The van der Waals surface area contributed by atoms with Crippen molar-refractivity contribution in [2.45, 2.75) is 4.90 Å². The number of rotatable bonds is 4. The van der Waals surface area contributed by atoms with Gasteiger partial charge in [-0.05, 0) is 24.3 Å². The summed E-state index contributed by atoms with van der Waals surface area (Å²) >= 11 is 0. The smallest absolute Gasteiger partial charge is 0.338 e. The standard InChI is InChI=1S/C14H17NO6S/c1-22(18,19)12-4-2-11(3-5-12)14(17)21-10-13(16)15-6-8-20-9-7-15/h2-5H,6-10H2,1H3. The molecule has 1 saturated heterocycles. The molecule has 1 aromatic rings. The van der Waals surface area contributed by atoms with Crippen LogP contribution in [0.2, 0.25) is 0 Å². The molecule has 0 radical (unpaired) electrons. The van der Waals surface area contributed by atoms with Gasteiger partial charge >= 0.3 is 5.97 Å². The molecule has 1 fully saturated rings. The van der Waals surface area contributed by atoms with Crippen molar-refractivity contribution in [2.24, 2.45) is 0 Å². The van der Waals surface area contributed by atoms with Crippen LogP contribution in [0, 0.1) is 0 Å². The molecular weight excluding hydrogens is 310 g/mol. The topological polar surface area (TPSA) is 90.0 Å². The van der Waals surface area contributed by atoms with Gasteiger partial charge in [-0.2, -0.15) is 0 Å². The molecule has 22 heavy (non-hydrogen) atoms. The summed E-state index contributed by atoms with van der Waals surface area (Å²) in [6.45, 7) is 1.59. The van der Waals surface area contributed by atoms with Crippen molar-refractivity contribution in [1.29, 1.82) is 0 Å². The number of amides is 1. The molecule has 8 heteroatoms. The molecule has 1 aliphatic heterocycles. The molecule has 0 atom stereocenters. The Kier molecular flexibility index (Phi) is 5.15. The van der Waals surface area contributed by atoms with Crippen LogP contribution in [-0.4, -0.2) is 64.4 Å². The first kappa shape index (κ1) is 16.4. The predicted molar refractivity (Wildman–Crippen MR) is 77.2 cm³/mol. The molecule has 2 rings (SSSR count). The molecule has 0 unspecified atom stereocenters. The summed E-state index contributed by atoms with van der Waals surface area (Å²) in [5.41, 5.74) is 0.196. The van der Waals surface area contributed by atoms with Gasteiger partial charge < -0.3 is 14.4 Å². The van der Waals surface area contributed by atoms with Crippen molar-refractivity contribution in [3.05, 3.63) is 29.8 Å². The van der Waals surface area contributed by atoms with Crippen LogP contribution in [0.5, 0.6) is 0 Å². The van der Waals surface area contributed by atoms with E-state index in [4.69, 9.17) is 9.47 Å². The summed E-state index contributed by atoms with van der Waals surface area (Å²) in [7, 11) is -3.31. The minimum atomic E-state index is -3.31. The molecule has 0 aliphatic carbocycles. The zero-order chi connectivity index (χ0) is 16.2. The fourth-order valence-electron chi connectivity index (χ4n) is 1.95. The lowest BCUT2D eigenvalue weighted by Gasteiger charge is -2.26. The SMILES string of the molecule is CS(=O)(=O)c1ccc(C(=O)OCC(=O)N2CCOCC2)cc1. The van der Waals surface area contributed by atoms with E-state index in [9.17, 15) is 18.0 Å². The zero-order valence-corrected chi connectivity index (χ0v) is 13.0. The lowest BCUT2D eigenvalue weighted by molar-refractivity contribution is -0.138. The molecule has 7 nitrogen and oxygen atoms in total. The lowest BCUT2D eigenvalue weighted by atomic mass is 10.2. The third kappa shape index (κ3) is 4.28. The summed E-state index contributed by atoms with van der Waals surface area (Å²) in [6, 6.07) is 5.38. The van der Waals surface area contributed by atoms with Gasteiger partial charge in [-0.15, -0.1) is 0 Å². The molecular formula is C14H17NO6S. The molecule has 0 N–H and O–H groups in total. The van der Waals surface area contributed by atoms with E-state index < -0.39 is 15.8 Å². The van der Waals surface area contributed by atoms with Gasteiger partial charge in [0, 0.05) is 19.3 Å². The van der Waals surface area contributed by atoms with Crippen LogP contribution in [0.1, 0.15) is 10.4 Å². The van der Waals surface area contributed by atoms with Crippen molar-refractivity contribution < 1.29 is 27.5 Å². The Balaban J connectivity index is 1.90. The van der Waals surface area contributed by atoms with Crippen molar-refractivity contribution in [2.75, 3.05) is 39.2 Å². The molecule has 1 heterocycles. The maximum atomic E-state index is 11.8. The normalized spacial score (nSPS) is 15.4. The van der Waals surface area contributed by atoms with E-state index in [2.05, 4.69) is 0 Å². The summed E-state index contributed by atoms with van der Waals surface area (Å²) < 4.78 is 32.7. The molecule has 0 saturated carbocycles. The van der Waals surface area contributed by atoms with Gasteiger partial charge in [0.1, 0.15) is 0 Å². The van der Waals surface area contributed by atoms with E-state index in [0.29, 0.717) is 26.3 Å². The number of carbonyl (C=O) groups is 2. The number of morpholine rings is 1. The fraction of sp³-hybridized carbons (Fsp3) is 0.429. The van der Waals surface area contributed by atoms with Crippen LogP contribution in [0.4, 0.5) is 0 Å². The van der Waals surface area contributed by atoms with Gasteiger partial charge in [0.05, 0.1) is 23.7 Å². The summed E-state index contributed by atoms with van der Waals surface area (Å²) in [5, 5.41) is 0. The molecule has 0 aromatic heterocycles. The first-order chi connectivity index (χ1) is 10.4.